The molecule has 0 aliphatic carbocycles. The molecule has 0 aliphatic rings. The SMILES string of the molecule is Cc1cc(C)c(NC(=O)c2ccccc2Cl)c(C)n1. The fourth-order valence-electron chi connectivity index (χ4n) is 2.04. The Balaban J connectivity index is 2.32. The van der Waals surface area contributed by atoms with Crippen LogP contribution in [-0.4, -0.2) is 10.9 Å². The molecule has 0 atom stereocenters. The summed E-state index contributed by atoms with van der Waals surface area (Å²) in [4.78, 5) is 16.6. The Bertz CT molecular complexity index is 615. The van der Waals surface area contributed by atoms with Crippen molar-refractivity contribution in [2.45, 2.75) is 20.8 Å². The minimum absolute atomic E-state index is 0.220. The Morgan fingerprint density at radius 2 is 1.89 bits per heavy atom. The maximum Gasteiger partial charge on any atom is 0.257 e. The molecule has 1 heterocycles. The third-order valence-electron chi connectivity index (χ3n) is 2.88. The predicted octanol–water partition coefficient (Wildman–Crippen LogP) is 3.91. The number of nitrogens with one attached hydrogen (secondary N) is 1. The van der Waals surface area contributed by atoms with Crippen LogP contribution in [0.4, 0.5) is 5.69 Å². The second-order valence-corrected chi connectivity index (χ2v) is 4.88. The highest BCUT2D eigenvalue weighted by Gasteiger charge is 2.13. The van der Waals surface area contributed by atoms with Gasteiger partial charge in [-0.15, -0.1) is 0 Å². The van der Waals surface area contributed by atoms with Crippen molar-refractivity contribution in [2.75, 3.05) is 5.32 Å². The number of carbonyl (C=O) groups excluding carboxylic acids is 1. The smallest absolute Gasteiger partial charge is 0.257 e. The van der Waals surface area contributed by atoms with Gasteiger partial charge in [0.1, 0.15) is 0 Å². The van der Waals surface area contributed by atoms with Crippen molar-refractivity contribution in [3.63, 3.8) is 0 Å². The lowest BCUT2D eigenvalue weighted by atomic mass is 10.1. The van der Waals surface area contributed by atoms with Crippen LogP contribution in [0.25, 0.3) is 0 Å². The van der Waals surface area contributed by atoms with Crippen molar-refractivity contribution < 1.29 is 4.79 Å². The Hall–Kier alpha value is -1.87. The van der Waals surface area contributed by atoms with Crippen LogP contribution in [0.5, 0.6) is 0 Å². The van der Waals surface area contributed by atoms with Gasteiger partial charge in [0.05, 0.1) is 22.0 Å². The summed E-state index contributed by atoms with van der Waals surface area (Å²) in [5, 5.41) is 3.32. The molecule has 0 saturated heterocycles. The molecule has 19 heavy (non-hydrogen) atoms. The number of aromatic nitrogens is 1. The quantitative estimate of drug-likeness (QED) is 0.902. The molecule has 0 unspecified atom stereocenters. The van der Waals surface area contributed by atoms with E-state index >= 15 is 0 Å². The number of anilines is 1. The highest BCUT2D eigenvalue weighted by molar-refractivity contribution is 6.34. The third kappa shape index (κ3) is 2.93. The summed E-state index contributed by atoms with van der Waals surface area (Å²) >= 11 is 6.01. The number of hydrogen-bond acceptors (Lipinski definition) is 2. The first-order valence-corrected chi connectivity index (χ1v) is 6.37. The number of nitrogens with zero attached hydrogens (tertiary/aromatic N) is 1. The molecular weight excluding hydrogens is 260 g/mol. The minimum Gasteiger partial charge on any atom is -0.320 e. The van der Waals surface area contributed by atoms with Crippen molar-refractivity contribution in [3.8, 4) is 0 Å². The topological polar surface area (TPSA) is 42.0 Å². The van der Waals surface area contributed by atoms with Crippen LogP contribution in [0.3, 0.4) is 0 Å². The monoisotopic (exact) mass is 274 g/mol. The number of amides is 1. The zero-order valence-electron chi connectivity index (χ0n) is 11.1. The first kappa shape index (κ1) is 13.6. The van der Waals surface area contributed by atoms with Gasteiger partial charge in [-0.05, 0) is 44.5 Å². The van der Waals surface area contributed by atoms with E-state index in [2.05, 4.69) is 10.3 Å². The van der Waals surface area contributed by atoms with Crippen molar-refractivity contribution in [1.82, 2.24) is 4.98 Å². The summed E-state index contributed by atoms with van der Waals surface area (Å²) in [5.74, 6) is -0.220. The number of rotatable bonds is 2. The summed E-state index contributed by atoms with van der Waals surface area (Å²) in [6.07, 6.45) is 0. The molecule has 1 aromatic carbocycles. The van der Waals surface area contributed by atoms with Gasteiger partial charge in [-0.2, -0.15) is 0 Å². The number of pyridine rings is 1. The average molecular weight is 275 g/mol. The van der Waals surface area contributed by atoms with E-state index in [9.17, 15) is 4.79 Å². The van der Waals surface area contributed by atoms with Gasteiger partial charge in [-0.1, -0.05) is 23.7 Å². The second-order valence-electron chi connectivity index (χ2n) is 4.47. The lowest BCUT2D eigenvalue weighted by molar-refractivity contribution is 0.102. The van der Waals surface area contributed by atoms with Crippen molar-refractivity contribution in [3.05, 3.63) is 57.9 Å². The van der Waals surface area contributed by atoms with E-state index in [1.54, 1.807) is 24.3 Å². The molecule has 2 aromatic rings. The van der Waals surface area contributed by atoms with Crippen molar-refractivity contribution in [2.24, 2.45) is 0 Å². The van der Waals surface area contributed by atoms with E-state index in [4.69, 9.17) is 11.6 Å². The molecular formula is C15H15ClN2O. The Morgan fingerprint density at radius 1 is 1.21 bits per heavy atom. The lowest BCUT2D eigenvalue weighted by Gasteiger charge is -2.12. The molecule has 0 spiro atoms. The van der Waals surface area contributed by atoms with E-state index in [1.807, 2.05) is 26.8 Å². The van der Waals surface area contributed by atoms with Crippen LogP contribution in [0.15, 0.2) is 30.3 Å². The highest BCUT2D eigenvalue weighted by Crippen LogP contribution is 2.22. The van der Waals surface area contributed by atoms with Gasteiger partial charge < -0.3 is 5.32 Å². The van der Waals surface area contributed by atoms with Gasteiger partial charge >= 0.3 is 0 Å². The van der Waals surface area contributed by atoms with E-state index < -0.39 is 0 Å². The molecule has 98 valence electrons. The number of hydrogen-bond donors (Lipinski definition) is 1. The minimum atomic E-state index is -0.220. The molecule has 0 saturated carbocycles. The number of carbonyl (C=O) groups is 1. The van der Waals surface area contributed by atoms with Crippen LogP contribution in [0, 0.1) is 20.8 Å². The maximum atomic E-state index is 12.2. The summed E-state index contributed by atoms with van der Waals surface area (Å²) in [7, 11) is 0. The third-order valence-corrected chi connectivity index (χ3v) is 3.21. The number of aryl methyl sites for hydroxylation is 3. The lowest BCUT2D eigenvalue weighted by Crippen LogP contribution is -2.15. The first-order chi connectivity index (χ1) is 8.99. The van der Waals surface area contributed by atoms with Gasteiger partial charge in [-0.25, -0.2) is 0 Å². The van der Waals surface area contributed by atoms with E-state index in [0.29, 0.717) is 10.6 Å². The normalized spacial score (nSPS) is 10.3. The van der Waals surface area contributed by atoms with Crippen LogP contribution >= 0.6 is 11.6 Å². The van der Waals surface area contributed by atoms with Gasteiger partial charge in [0, 0.05) is 5.69 Å². The Kier molecular flexibility index (Phi) is 3.86. The molecule has 1 N–H and O–H groups in total. The van der Waals surface area contributed by atoms with E-state index in [0.717, 1.165) is 22.6 Å². The zero-order valence-corrected chi connectivity index (χ0v) is 11.9. The summed E-state index contributed by atoms with van der Waals surface area (Å²) < 4.78 is 0. The summed E-state index contributed by atoms with van der Waals surface area (Å²) in [6, 6.07) is 8.92. The van der Waals surface area contributed by atoms with Crippen molar-refractivity contribution in [1.29, 1.82) is 0 Å². The van der Waals surface area contributed by atoms with E-state index in [1.165, 1.54) is 0 Å². The van der Waals surface area contributed by atoms with Crippen LogP contribution in [-0.2, 0) is 0 Å². The first-order valence-electron chi connectivity index (χ1n) is 6.00. The predicted molar refractivity (Wildman–Crippen MR) is 77.9 cm³/mol. The fourth-order valence-corrected chi connectivity index (χ4v) is 2.26. The fraction of sp³-hybridized carbons (Fsp3) is 0.200. The van der Waals surface area contributed by atoms with Crippen LogP contribution in [0.1, 0.15) is 27.3 Å². The standard InChI is InChI=1S/C15H15ClN2O/c1-9-8-10(2)17-11(3)14(9)18-15(19)12-6-4-5-7-13(12)16/h4-8H,1-3H3,(H,18,19). The largest absolute Gasteiger partial charge is 0.320 e. The van der Waals surface area contributed by atoms with Crippen LogP contribution in [0.2, 0.25) is 5.02 Å². The van der Waals surface area contributed by atoms with Gasteiger partial charge in [0.15, 0.2) is 0 Å². The molecule has 0 radical (unpaired) electrons. The van der Waals surface area contributed by atoms with Gasteiger partial charge in [-0.3, -0.25) is 9.78 Å². The molecule has 2 rings (SSSR count). The molecule has 4 heteroatoms. The van der Waals surface area contributed by atoms with Gasteiger partial charge in [0.25, 0.3) is 5.91 Å². The summed E-state index contributed by atoms with van der Waals surface area (Å²) in [6.45, 7) is 5.76. The number of halogens is 1. The zero-order chi connectivity index (χ0) is 14.0. The molecule has 1 amide bonds. The molecule has 0 fully saturated rings. The van der Waals surface area contributed by atoms with E-state index in [-0.39, 0.29) is 5.91 Å². The highest BCUT2D eigenvalue weighted by atomic mass is 35.5. The van der Waals surface area contributed by atoms with Crippen molar-refractivity contribution >= 4 is 23.2 Å². The average Bonchev–Trinajstić information content (AvgIpc) is 2.34. The maximum absolute atomic E-state index is 12.2. The molecule has 1 aromatic heterocycles. The molecule has 3 nitrogen and oxygen atoms in total. The van der Waals surface area contributed by atoms with Crippen LogP contribution < -0.4 is 5.32 Å². The second kappa shape index (κ2) is 5.41. The van der Waals surface area contributed by atoms with Gasteiger partial charge in [0.2, 0.25) is 0 Å². The number of benzene rings is 1. The Labute approximate surface area is 117 Å². The molecule has 0 aliphatic heterocycles. The molecule has 0 bridgehead atoms. The summed E-state index contributed by atoms with van der Waals surface area (Å²) in [5.41, 5.74) is 3.94. The Morgan fingerprint density at radius 3 is 2.53 bits per heavy atom.